The minimum atomic E-state index is -0.272. The van der Waals surface area contributed by atoms with Crippen molar-refractivity contribution in [3.8, 4) is 5.75 Å². The van der Waals surface area contributed by atoms with Gasteiger partial charge in [0.2, 0.25) is 0 Å². The van der Waals surface area contributed by atoms with E-state index in [1.54, 1.807) is 13.0 Å². The maximum absolute atomic E-state index is 12.7. The summed E-state index contributed by atoms with van der Waals surface area (Å²) in [5.41, 5.74) is 4.08. The number of anilines is 3. The van der Waals surface area contributed by atoms with Crippen molar-refractivity contribution >= 4 is 23.1 Å². The first-order valence-corrected chi connectivity index (χ1v) is 9.58. The summed E-state index contributed by atoms with van der Waals surface area (Å²) >= 11 is 0. The molecule has 1 aromatic heterocycles. The third-order valence-corrected chi connectivity index (χ3v) is 4.20. The Morgan fingerprint density at radius 3 is 2.34 bits per heavy atom. The fourth-order valence-corrected chi connectivity index (χ4v) is 2.93. The molecule has 0 spiro atoms. The Hall–Kier alpha value is -3.41. The SMILES string of the molecule is Cc1ccc(NC(=O)c2cc(Nc3ccc(OC(C)C)cc3)nc(C)n2)c(C)c1. The predicted molar refractivity (Wildman–Crippen MR) is 116 cm³/mol. The van der Waals surface area contributed by atoms with Gasteiger partial charge in [0.25, 0.3) is 5.91 Å². The highest BCUT2D eigenvalue weighted by Gasteiger charge is 2.12. The molecule has 2 N–H and O–H groups in total. The van der Waals surface area contributed by atoms with Crippen LogP contribution in [0.25, 0.3) is 0 Å². The van der Waals surface area contributed by atoms with E-state index in [0.29, 0.717) is 17.3 Å². The quantitative estimate of drug-likeness (QED) is 0.606. The molecule has 0 aliphatic carbocycles. The van der Waals surface area contributed by atoms with Crippen LogP contribution in [0.5, 0.6) is 5.75 Å². The van der Waals surface area contributed by atoms with Gasteiger partial charge in [0.05, 0.1) is 6.10 Å². The van der Waals surface area contributed by atoms with Crippen molar-refractivity contribution in [2.24, 2.45) is 0 Å². The van der Waals surface area contributed by atoms with Crippen molar-refractivity contribution in [3.05, 3.63) is 71.2 Å². The summed E-state index contributed by atoms with van der Waals surface area (Å²) in [4.78, 5) is 21.4. The van der Waals surface area contributed by atoms with Crippen LogP contribution in [0.1, 0.15) is 41.3 Å². The normalized spacial score (nSPS) is 10.7. The number of aryl methyl sites for hydroxylation is 3. The fraction of sp³-hybridized carbons (Fsp3) is 0.261. The summed E-state index contributed by atoms with van der Waals surface area (Å²) in [7, 11) is 0. The highest BCUT2D eigenvalue weighted by atomic mass is 16.5. The van der Waals surface area contributed by atoms with Crippen LogP contribution in [0.15, 0.2) is 48.5 Å². The molecular formula is C23H26N4O2. The molecule has 0 radical (unpaired) electrons. The number of ether oxygens (including phenoxy) is 1. The van der Waals surface area contributed by atoms with E-state index in [1.165, 1.54) is 0 Å². The number of hydrogen-bond donors (Lipinski definition) is 2. The van der Waals surface area contributed by atoms with Crippen molar-refractivity contribution in [2.75, 3.05) is 10.6 Å². The van der Waals surface area contributed by atoms with Crippen molar-refractivity contribution < 1.29 is 9.53 Å². The lowest BCUT2D eigenvalue weighted by Gasteiger charge is -2.12. The van der Waals surface area contributed by atoms with Crippen molar-refractivity contribution in [1.82, 2.24) is 9.97 Å². The van der Waals surface area contributed by atoms with Crippen molar-refractivity contribution in [2.45, 2.75) is 40.7 Å². The number of carbonyl (C=O) groups excluding carboxylic acids is 1. The number of rotatable bonds is 6. The zero-order chi connectivity index (χ0) is 21.0. The van der Waals surface area contributed by atoms with E-state index in [-0.39, 0.29) is 12.0 Å². The zero-order valence-electron chi connectivity index (χ0n) is 17.4. The molecule has 6 heteroatoms. The molecule has 0 aliphatic heterocycles. The second-order valence-corrected chi connectivity index (χ2v) is 7.27. The average Bonchev–Trinajstić information content (AvgIpc) is 2.64. The first kappa shape index (κ1) is 20.3. The van der Waals surface area contributed by atoms with E-state index < -0.39 is 0 Å². The molecule has 3 aromatic rings. The third-order valence-electron chi connectivity index (χ3n) is 4.20. The summed E-state index contributed by atoms with van der Waals surface area (Å²) in [6.45, 7) is 9.72. The Morgan fingerprint density at radius 1 is 0.966 bits per heavy atom. The van der Waals surface area contributed by atoms with E-state index in [1.807, 2.05) is 70.2 Å². The van der Waals surface area contributed by atoms with Gasteiger partial charge in [-0.15, -0.1) is 0 Å². The molecule has 0 fully saturated rings. The predicted octanol–water partition coefficient (Wildman–Crippen LogP) is 5.18. The fourth-order valence-electron chi connectivity index (χ4n) is 2.93. The second kappa shape index (κ2) is 8.73. The highest BCUT2D eigenvalue weighted by Crippen LogP contribution is 2.21. The number of carbonyl (C=O) groups is 1. The molecule has 1 amide bonds. The Kier molecular flexibility index (Phi) is 6.12. The first-order valence-electron chi connectivity index (χ1n) is 9.58. The van der Waals surface area contributed by atoms with Gasteiger partial charge in [-0.1, -0.05) is 17.7 Å². The molecule has 0 saturated heterocycles. The molecule has 0 atom stereocenters. The standard InChI is InChI=1S/C23H26N4O2/c1-14(2)29-19-9-7-18(8-10-19)26-22-13-21(24-17(5)25-22)23(28)27-20-11-6-15(3)12-16(20)4/h6-14H,1-5H3,(H,27,28)(H,24,25,26). The van der Waals surface area contributed by atoms with Gasteiger partial charge < -0.3 is 15.4 Å². The van der Waals surface area contributed by atoms with E-state index >= 15 is 0 Å². The topological polar surface area (TPSA) is 76.1 Å². The molecule has 2 aromatic carbocycles. The lowest BCUT2D eigenvalue weighted by molar-refractivity contribution is 0.102. The molecule has 150 valence electrons. The molecule has 1 heterocycles. The molecule has 0 unspecified atom stereocenters. The minimum Gasteiger partial charge on any atom is -0.491 e. The maximum Gasteiger partial charge on any atom is 0.274 e. The number of amides is 1. The molecule has 6 nitrogen and oxygen atoms in total. The number of nitrogens with zero attached hydrogens (tertiary/aromatic N) is 2. The van der Waals surface area contributed by atoms with Crippen LogP contribution in [0.2, 0.25) is 0 Å². The van der Waals surface area contributed by atoms with Gasteiger partial charge in [0.15, 0.2) is 0 Å². The molecule has 0 aliphatic rings. The Bertz CT molecular complexity index is 1010. The third kappa shape index (κ3) is 5.54. The summed E-state index contributed by atoms with van der Waals surface area (Å²) in [5.74, 6) is 1.60. The molecule has 0 bridgehead atoms. The number of benzene rings is 2. The monoisotopic (exact) mass is 390 g/mol. The van der Waals surface area contributed by atoms with Crippen LogP contribution >= 0.6 is 0 Å². The highest BCUT2D eigenvalue weighted by molar-refractivity contribution is 6.03. The molecule has 3 rings (SSSR count). The average molecular weight is 390 g/mol. The van der Waals surface area contributed by atoms with Gasteiger partial charge in [-0.05, 0) is 70.5 Å². The maximum atomic E-state index is 12.7. The van der Waals surface area contributed by atoms with Crippen LogP contribution in [0.3, 0.4) is 0 Å². The van der Waals surface area contributed by atoms with E-state index in [4.69, 9.17) is 4.74 Å². The summed E-state index contributed by atoms with van der Waals surface area (Å²) in [5, 5.41) is 6.14. The number of hydrogen-bond acceptors (Lipinski definition) is 5. The molecular weight excluding hydrogens is 364 g/mol. The van der Waals surface area contributed by atoms with Gasteiger partial charge in [0.1, 0.15) is 23.1 Å². The van der Waals surface area contributed by atoms with Gasteiger partial charge >= 0.3 is 0 Å². The van der Waals surface area contributed by atoms with Gasteiger partial charge in [0, 0.05) is 17.4 Å². The smallest absolute Gasteiger partial charge is 0.274 e. The Balaban J connectivity index is 1.76. The van der Waals surface area contributed by atoms with Gasteiger partial charge in [-0.25, -0.2) is 9.97 Å². The Morgan fingerprint density at radius 2 is 1.69 bits per heavy atom. The van der Waals surface area contributed by atoms with Gasteiger partial charge in [-0.2, -0.15) is 0 Å². The van der Waals surface area contributed by atoms with Crippen LogP contribution in [-0.2, 0) is 0 Å². The van der Waals surface area contributed by atoms with E-state index in [2.05, 4.69) is 20.6 Å². The minimum absolute atomic E-state index is 0.122. The van der Waals surface area contributed by atoms with Crippen molar-refractivity contribution in [1.29, 1.82) is 0 Å². The zero-order valence-corrected chi connectivity index (χ0v) is 17.4. The second-order valence-electron chi connectivity index (χ2n) is 7.27. The van der Waals surface area contributed by atoms with Crippen LogP contribution in [0.4, 0.5) is 17.2 Å². The van der Waals surface area contributed by atoms with Crippen LogP contribution < -0.4 is 15.4 Å². The van der Waals surface area contributed by atoms with Gasteiger partial charge in [-0.3, -0.25) is 4.79 Å². The summed E-state index contributed by atoms with van der Waals surface area (Å²) in [6.07, 6.45) is 0.122. The molecule has 0 saturated carbocycles. The van der Waals surface area contributed by atoms with Crippen LogP contribution in [-0.4, -0.2) is 22.0 Å². The largest absolute Gasteiger partial charge is 0.491 e. The summed E-state index contributed by atoms with van der Waals surface area (Å²) < 4.78 is 5.66. The van der Waals surface area contributed by atoms with E-state index in [9.17, 15) is 4.79 Å². The summed E-state index contributed by atoms with van der Waals surface area (Å²) in [6, 6.07) is 15.1. The van der Waals surface area contributed by atoms with Crippen LogP contribution in [0, 0.1) is 20.8 Å². The van der Waals surface area contributed by atoms with E-state index in [0.717, 1.165) is 28.3 Å². The first-order chi connectivity index (χ1) is 13.8. The van der Waals surface area contributed by atoms with Crippen molar-refractivity contribution in [3.63, 3.8) is 0 Å². The lowest BCUT2D eigenvalue weighted by Crippen LogP contribution is -2.16. The number of nitrogens with one attached hydrogen (secondary N) is 2. The number of aromatic nitrogens is 2. The Labute approximate surface area is 171 Å². The molecule has 29 heavy (non-hydrogen) atoms. The lowest BCUT2D eigenvalue weighted by atomic mass is 10.1.